The Kier molecular flexibility index (Phi) is 4.11. The third kappa shape index (κ3) is 3.26. The Morgan fingerprint density at radius 1 is 1.71 bits per heavy atom. The van der Waals surface area contributed by atoms with Crippen molar-refractivity contribution >= 4 is 23.8 Å². The number of amides is 2. The van der Waals surface area contributed by atoms with Crippen molar-refractivity contribution in [2.75, 3.05) is 31.8 Å². The van der Waals surface area contributed by atoms with Gasteiger partial charge in [0.25, 0.3) is 0 Å². The minimum atomic E-state index is -0.282. The van der Waals surface area contributed by atoms with Crippen LogP contribution in [0.25, 0.3) is 0 Å². The number of cyclic esters (lactones) is 1. The molecule has 2 aliphatic rings. The predicted octanol–water partition coefficient (Wildman–Crippen LogP) is -0.394. The summed E-state index contributed by atoms with van der Waals surface area (Å²) in [6.07, 6.45) is 0.288. The highest BCUT2D eigenvalue weighted by Gasteiger charge is 2.28. The molecule has 17 heavy (non-hydrogen) atoms. The summed E-state index contributed by atoms with van der Waals surface area (Å²) in [4.78, 5) is 24.3. The molecule has 0 bridgehead atoms. The number of nitrogens with one attached hydrogen (secondary N) is 2. The fourth-order valence-electron chi connectivity index (χ4n) is 1.84. The van der Waals surface area contributed by atoms with Crippen LogP contribution >= 0.6 is 11.8 Å². The zero-order chi connectivity index (χ0) is 12.3. The van der Waals surface area contributed by atoms with Gasteiger partial charge in [-0.1, -0.05) is 0 Å². The van der Waals surface area contributed by atoms with Gasteiger partial charge in [0.15, 0.2) is 0 Å². The largest absolute Gasteiger partial charge is 0.444 e. The van der Waals surface area contributed by atoms with Crippen molar-refractivity contribution in [1.82, 2.24) is 15.5 Å². The lowest BCUT2D eigenvalue weighted by molar-refractivity contribution is -0.122. The Morgan fingerprint density at radius 3 is 3.12 bits per heavy atom. The molecule has 2 heterocycles. The molecule has 2 atom stereocenters. The number of thioether (sulfide) groups is 1. The van der Waals surface area contributed by atoms with E-state index in [1.807, 2.05) is 0 Å². The van der Waals surface area contributed by atoms with Gasteiger partial charge < -0.3 is 15.0 Å². The molecule has 0 spiro atoms. The highest BCUT2D eigenvalue weighted by atomic mass is 32.2. The smallest absolute Gasteiger partial charge is 0.409 e. The van der Waals surface area contributed by atoms with Crippen molar-refractivity contribution in [2.24, 2.45) is 0 Å². The van der Waals surface area contributed by atoms with Crippen LogP contribution in [0, 0.1) is 0 Å². The molecule has 6 nitrogen and oxygen atoms in total. The van der Waals surface area contributed by atoms with Gasteiger partial charge >= 0.3 is 6.09 Å². The second-order valence-corrected chi connectivity index (χ2v) is 5.27. The summed E-state index contributed by atoms with van der Waals surface area (Å²) in [6, 6.07) is -0.0752. The van der Waals surface area contributed by atoms with Gasteiger partial charge in [0.05, 0.1) is 12.6 Å². The minimum absolute atomic E-state index is 0.0349. The molecule has 0 saturated carbocycles. The van der Waals surface area contributed by atoms with E-state index in [9.17, 15) is 9.59 Å². The molecule has 2 saturated heterocycles. The van der Waals surface area contributed by atoms with Crippen LogP contribution < -0.4 is 10.6 Å². The maximum absolute atomic E-state index is 11.6. The standard InChI is InChI=1S/C10H17N3O3S/c1-13-4-7(16-10(13)15)2-3-11-9(14)8-5-17-6-12-8/h7-8,12H,2-6H2,1H3,(H,11,14). The summed E-state index contributed by atoms with van der Waals surface area (Å²) >= 11 is 1.72. The molecule has 2 rings (SSSR count). The third-order valence-electron chi connectivity index (χ3n) is 2.86. The van der Waals surface area contributed by atoms with Gasteiger partial charge in [0, 0.05) is 31.6 Å². The van der Waals surface area contributed by atoms with Crippen LogP contribution in [-0.4, -0.2) is 60.8 Å². The first-order valence-corrected chi connectivity index (χ1v) is 6.83. The monoisotopic (exact) mass is 259 g/mol. The van der Waals surface area contributed by atoms with E-state index in [0.29, 0.717) is 19.5 Å². The maximum atomic E-state index is 11.6. The number of hydrogen-bond acceptors (Lipinski definition) is 5. The molecule has 2 N–H and O–H groups in total. The van der Waals surface area contributed by atoms with Crippen molar-refractivity contribution < 1.29 is 14.3 Å². The highest BCUT2D eigenvalue weighted by Crippen LogP contribution is 2.12. The van der Waals surface area contributed by atoms with Crippen molar-refractivity contribution in [3.05, 3.63) is 0 Å². The molecular formula is C10H17N3O3S. The molecule has 0 aromatic rings. The summed E-state index contributed by atoms with van der Waals surface area (Å²) in [6.45, 7) is 1.15. The average molecular weight is 259 g/mol. The summed E-state index contributed by atoms with van der Waals surface area (Å²) in [7, 11) is 1.71. The van der Waals surface area contributed by atoms with E-state index < -0.39 is 0 Å². The zero-order valence-electron chi connectivity index (χ0n) is 9.77. The topological polar surface area (TPSA) is 70.7 Å². The van der Waals surface area contributed by atoms with Gasteiger partial charge in [-0.25, -0.2) is 4.79 Å². The molecule has 0 radical (unpaired) electrons. The minimum Gasteiger partial charge on any atom is -0.444 e. The Morgan fingerprint density at radius 2 is 2.53 bits per heavy atom. The number of ether oxygens (including phenoxy) is 1. The fraction of sp³-hybridized carbons (Fsp3) is 0.800. The van der Waals surface area contributed by atoms with Crippen LogP contribution in [0.3, 0.4) is 0 Å². The van der Waals surface area contributed by atoms with E-state index in [1.54, 1.807) is 23.7 Å². The van der Waals surface area contributed by atoms with E-state index in [0.717, 1.165) is 11.6 Å². The van der Waals surface area contributed by atoms with E-state index in [1.165, 1.54) is 0 Å². The van der Waals surface area contributed by atoms with E-state index in [2.05, 4.69) is 10.6 Å². The van der Waals surface area contributed by atoms with Gasteiger partial charge in [0.1, 0.15) is 6.10 Å². The van der Waals surface area contributed by atoms with Crippen LogP contribution in [0.2, 0.25) is 0 Å². The molecule has 2 unspecified atom stereocenters. The number of carbonyl (C=O) groups excluding carboxylic acids is 2. The number of nitrogens with zero attached hydrogens (tertiary/aromatic N) is 1. The Bertz CT molecular complexity index is 307. The van der Waals surface area contributed by atoms with Crippen LogP contribution in [0.15, 0.2) is 0 Å². The first kappa shape index (κ1) is 12.5. The summed E-state index contributed by atoms with van der Waals surface area (Å²) in [5, 5.41) is 5.96. The quantitative estimate of drug-likeness (QED) is 0.719. The van der Waals surface area contributed by atoms with E-state index >= 15 is 0 Å². The number of rotatable bonds is 4. The first-order chi connectivity index (χ1) is 8.16. The summed E-state index contributed by atoms with van der Waals surface area (Å²) in [5.41, 5.74) is 0. The van der Waals surface area contributed by atoms with Crippen LogP contribution in [0.1, 0.15) is 6.42 Å². The molecule has 2 aliphatic heterocycles. The van der Waals surface area contributed by atoms with Gasteiger partial charge in [-0.15, -0.1) is 11.8 Å². The third-order valence-corrected chi connectivity index (χ3v) is 3.79. The predicted molar refractivity (Wildman–Crippen MR) is 64.8 cm³/mol. The molecule has 7 heteroatoms. The van der Waals surface area contributed by atoms with Crippen molar-refractivity contribution in [3.63, 3.8) is 0 Å². The molecular weight excluding hydrogens is 242 g/mol. The first-order valence-electron chi connectivity index (χ1n) is 5.67. The summed E-state index contributed by atoms with van der Waals surface area (Å²) < 4.78 is 5.10. The van der Waals surface area contributed by atoms with Crippen molar-refractivity contribution in [3.8, 4) is 0 Å². The lowest BCUT2D eigenvalue weighted by Gasteiger charge is -2.12. The second kappa shape index (κ2) is 5.59. The fourth-order valence-corrected chi connectivity index (χ4v) is 2.78. The number of likely N-dealkylation sites (N-methyl/N-ethyl adjacent to an activating group) is 1. The van der Waals surface area contributed by atoms with Crippen molar-refractivity contribution in [2.45, 2.75) is 18.6 Å². The number of hydrogen-bond donors (Lipinski definition) is 2. The lowest BCUT2D eigenvalue weighted by Crippen LogP contribution is -2.42. The zero-order valence-corrected chi connectivity index (χ0v) is 10.6. The molecule has 96 valence electrons. The molecule has 0 aromatic carbocycles. The Balaban J connectivity index is 1.63. The van der Waals surface area contributed by atoms with Crippen LogP contribution in [-0.2, 0) is 9.53 Å². The van der Waals surface area contributed by atoms with E-state index in [-0.39, 0.29) is 24.1 Å². The SMILES string of the molecule is CN1CC(CCNC(=O)C2CSCN2)OC1=O. The van der Waals surface area contributed by atoms with Gasteiger partial charge in [-0.3, -0.25) is 10.1 Å². The Labute approximate surface area is 104 Å². The highest BCUT2D eigenvalue weighted by molar-refractivity contribution is 7.99. The molecule has 2 amide bonds. The van der Waals surface area contributed by atoms with Crippen molar-refractivity contribution in [1.29, 1.82) is 0 Å². The average Bonchev–Trinajstić information content (AvgIpc) is 2.90. The van der Waals surface area contributed by atoms with Crippen LogP contribution in [0.5, 0.6) is 0 Å². The lowest BCUT2D eigenvalue weighted by atomic mass is 10.2. The normalized spacial score (nSPS) is 28.3. The molecule has 2 fully saturated rings. The second-order valence-electron chi connectivity index (χ2n) is 4.24. The number of carbonyl (C=O) groups is 2. The molecule has 0 aromatic heterocycles. The van der Waals surface area contributed by atoms with Gasteiger partial charge in [-0.2, -0.15) is 0 Å². The van der Waals surface area contributed by atoms with Gasteiger partial charge in [-0.05, 0) is 0 Å². The van der Waals surface area contributed by atoms with E-state index in [4.69, 9.17) is 4.74 Å². The van der Waals surface area contributed by atoms with Crippen LogP contribution in [0.4, 0.5) is 4.79 Å². The summed E-state index contributed by atoms with van der Waals surface area (Å²) in [5.74, 6) is 1.70. The molecule has 0 aliphatic carbocycles. The van der Waals surface area contributed by atoms with Gasteiger partial charge in [0.2, 0.25) is 5.91 Å². The Hall–Kier alpha value is -0.950. The maximum Gasteiger partial charge on any atom is 0.409 e.